The Kier molecular flexibility index (Phi) is 7.16. The maximum Gasteiger partial charge on any atom is 0.344 e. The number of halogens is 1. The van der Waals surface area contributed by atoms with Gasteiger partial charge in [0, 0.05) is 19.2 Å². The van der Waals surface area contributed by atoms with Gasteiger partial charge in [-0.1, -0.05) is 60.7 Å². The van der Waals surface area contributed by atoms with Crippen LogP contribution in [0.3, 0.4) is 0 Å². The van der Waals surface area contributed by atoms with Crippen molar-refractivity contribution in [3.63, 3.8) is 0 Å². The van der Waals surface area contributed by atoms with Gasteiger partial charge in [0.2, 0.25) is 0 Å². The van der Waals surface area contributed by atoms with Gasteiger partial charge in [0.25, 0.3) is 5.91 Å². The average Bonchev–Trinajstić information content (AvgIpc) is 2.78. The third-order valence-corrected chi connectivity index (χ3v) is 4.47. The van der Waals surface area contributed by atoms with Crippen LogP contribution in [0.2, 0.25) is 0 Å². The van der Waals surface area contributed by atoms with Crippen molar-refractivity contribution >= 4 is 11.9 Å². The second kappa shape index (κ2) is 10.2. The maximum atomic E-state index is 13.7. The second-order valence-corrected chi connectivity index (χ2v) is 6.68. The first kappa shape index (κ1) is 21.0. The predicted molar refractivity (Wildman–Crippen MR) is 111 cm³/mol. The van der Waals surface area contributed by atoms with Crippen LogP contribution in [-0.2, 0) is 20.9 Å². The molecule has 0 aliphatic rings. The first-order chi connectivity index (χ1) is 14.5. The van der Waals surface area contributed by atoms with E-state index in [1.165, 1.54) is 18.0 Å². The SMILES string of the molecule is CN(Cc1ccccc1F)C(=O)COC(=O)COc1ccc(-c2ccccc2)cc1. The molecule has 0 heterocycles. The molecule has 0 unspecified atom stereocenters. The molecule has 3 rings (SSSR count). The van der Waals surface area contributed by atoms with Crippen molar-refractivity contribution in [1.82, 2.24) is 4.90 Å². The first-order valence-corrected chi connectivity index (χ1v) is 9.44. The van der Waals surface area contributed by atoms with Gasteiger partial charge >= 0.3 is 5.97 Å². The van der Waals surface area contributed by atoms with Gasteiger partial charge in [0.15, 0.2) is 13.2 Å². The number of ether oxygens (including phenoxy) is 2. The molecule has 0 saturated carbocycles. The number of carbonyl (C=O) groups excluding carboxylic acids is 2. The van der Waals surface area contributed by atoms with E-state index in [1.807, 2.05) is 42.5 Å². The van der Waals surface area contributed by atoms with Gasteiger partial charge in [-0.05, 0) is 29.3 Å². The summed E-state index contributed by atoms with van der Waals surface area (Å²) >= 11 is 0. The highest BCUT2D eigenvalue weighted by atomic mass is 19.1. The van der Waals surface area contributed by atoms with Crippen LogP contribution in [0.15, 0.2) is 78.9 Å². The van der Waals surface area contributed by atoms with Crippen LogP contribution in [-0.4, -0.2) is 37.0 Å². The molecule has 0 atom stereocenters. The van der Waals surface area contributed by atoms with Crippen LogP contribution < -0.4 is 4.74 Å². The Hall–Kier alpha value is -3.67. The molecule has 0 fully saturated rings. The minimum absolute atomic E-state index is 0.0906. The van der Waals surface area contributed by atoms with Gasteiger partial charge in [-0.15, -0.1) is 0 Å². The molecule has 0 radical (unpaired) electrons. The Labute approximate surface area is 174 Å². The summed E-state index contributed by atoms with van der Waals surface area (Å²) in [7, 11) is 1.52. The van der Waals surface area contributed by atoms with Gasteiger partial charge in [-0.3, -0.25) is 4.79 Å². The van der Waals surface area contributed by atoms with Crippen molar-refractivity contribution in [2.45, 2.75) is 6.54 Å². The Balaban J connectivity index is 1.42. The van der Waals surface area contributed by atoms with E-state index >= 15 is 0 Å². The Morgan fingerprint density at radius 3 is 2.17 bits per heavy atom. The lowest BCUT2D eigenvalue weighted by atomic mass is 10.1. The summed E-state index contributed by atoms with van der Waals surface area (Å²) in [5.41, 5.74) is 2.51. The third kappa shape index (κ3) is 5.91. The minimum Gasteiger partial charge on any atom is -0.482 e. The number of benzene rings is 3. The fraction of sp³-hybridized carbons (Fsp3) is 0.167. The van der Waals surface area contributed by atoms with Crippen molar-refractivity contribution in [3.8, 4) is 16.9 Å². The molecule has 0 aliphatic carbocycles. The smallest absolute Gasteiger partial charge is 0.344 e. The number of rotatable bonds is 8. The zero-order valence-electron chi connectivity index (χ0n) is 16.6. The summed E-state index contributed by atoms with van der Waals surface area (Å²) in [6.45, 7) is -0.650. The van der Waals surface area contributed by atoms with E-state index in [9.17, 15) is 14.0 Å². The number of hydrogen-bond donors (Lipinski definition) is 0. The Morgan fingerprint density at radius 1 is 0.833 bits per heavy atom. The van der Waals surface area contributed by atoms with E-state index in [0.717, 1.165) is 11.1 Å². The van der Waals surface area contributed by atoms with Crippen LogP contribution in [0.25, 0.3) is 11.1 Å². The minimum atomic E-state index is -0.658. The number of esters is 1. The molecule has 30 heavy (non-hydrogen) atoms. The highest BCUT2D eigenvalue weighted by Crippen LogP contribution is 2.22. The maximum absolute atomic E-state index is 13.7. The van der Waals surface area contributed by atoms with E-state index in [0.29, 0.717) is 11.3 Å². The van der Waals surface area contributed by atoms with Crippen LogP contribution in [0.1, 0.15) is 5.56 Å². The lowest BCUT2D eigenvalue weighted by molar-refractivity contribution is -0.153. The Morgan fingerprint density at radius 2 is 1.47 bits per heavy atom. The van der Waals surface area contributed by atoms with Gasteiger partial charge in [0.05, 0.1) is 0 Å². The van der Waals surface area contributed by atoms with Crippen LogP contribution in [0, 0.1) is 5.82 Å². The molecular formula is C24H22FNO4. The molecule has 0 aromatic heterocycles. The second-order valence-electron chi connectivity index (χ2n) is 6.68. The lowest BCUT2D eigenvalue weighted by Crippen LogP contribution is -2.31. The van der Waals surface area contributed by atoms with Gasteiger partial charge < -0.3 is 14.4 Å². The molecule has 3 aromatic rings. The molecule has 0 bridgehead atoms. The summed E-state index contributed by atoms with van der Waals surface area (Å²) in [6.07, 6.45) is 0. The third-order valence-electron chi connectivity index (χ3n) is 4.47. The number of likely N-dealkylation sites (N-methyl/N-ethyl adjacent to an activating group) is 1. The number of carbonyl (C=O) groups is 2. The highest BCUT2D eigenvalue weighted by Gasteiger charge is 2.14. The summed E-state index contributed by atoms with van der Waals surface area (Å²) in [5.74, 6) is -0.955. The quantitative estimate of drug-likeness (QED) is 0.528. The van der Waals surface area contributed by atoms with Crippen molar-refractivity contribution in [3.05, 3.63) is 90.2 Å². The summed E-state index contributed by atoms with van der Waals surface area (Å²) in [4.78, 5) is 25.3. The molecule has 5 nitrogen and oxygen atoms in total. The van der Waals surface area contributed by atoms with Crippen molar-refractivity contribution in [2.75, 3.05) is 20.3 Å². The lowest BCUT2D eigenvalue weighted by Gasteiger charge is -2.17. The van der Waals surface area contributed by atoms with Crippen molar-refractivity contribution < 1.29 is 23.5 Å². The van der Waals surface area contributed by atoms with Crippen LogP contribution >= 0.6 is 0 Å². The van der Waals surface area contributed by atoms with E-state index < -0.39 is 18.5 Å². The predicted octanol–water partition coefficient (Wildman–Crippen LogP) is 4.07. The molecule has 154 valence electrons. The van der Waals surface area contributed by atoms with Crippen molar-refractivity contribution in [2.24, 2.45) is 0 Å². The monoisotopic (exact) mass is 407 g/mol. The van der Waals surface area contributed by atoms with E-state index in [4.69, 9.17) is 9.47 Å². The van der Waals surface area contributed by atoms with Crippen LogP contribution in [0.5, 0.6) is 5.75 Å². The molecule has 0 aliphatic heterocycles. The van der Waals surface area contributed by atoms with Gasteiger partial charge in [-0.2, -0.15) is 0 Å². The number of nitrogens with zero attached hydrogens (tertiary/aromatic N) is 1. The summed E-state index contributed by atoms with van der Waals surface area (Å²) < 4.78 is 24.0. The highest BCUT2D eigenvalue weighted by molar-refractivity contribution is 5.80. The van der Waals surface area contributed by atoms with Crippen molar-refractivity contribution in [1.29, 1.82) is 0 Å². The van der Waals surface area contributed by atoms with Gasteiger partial charge in [0.1, 0.15) is 11.6 Å². The van der Waals surface area contributed by atoms with E-state index in [-0.39, 0.29) is 19.0 Å². The van der Waals surface area contributed by atoms with E-state index in [2.05, 4.69) is 0 Å². The van der Waals surface area contributed by atoms with Gasteiger partial charge in [-0.25, -0.2) is 9.18 Å². The zero-order chi connectivity index (χ0) is 21.3. The molecule has 0 saturated heterocycles. The molecule has 0 spiro atoms. The first-order valence-electron chi connectivity index (χ1n) is 9.44. The molecular weight excluding hydrogens is 385 g/mol. The number of hydrogen-bond acceptors (Lipinski definition) is 4. The largest absolute Gasteiger partial charge is 0.482 e. The van der Waals surface area contributed by atoms with Crippen LogP contribution in [0.4, 0.5) is 4.39 Å². The molecule has 0 N–H and O–H groups in total. The molecule has 6 heteroatoms. The van der Waals surface area contributed by atoms with E-state index in [1.54, 1.807) is 30.3 Å². The topological polar surface area (TPSA) is 55.8 Å². The summed E-state index contributed by atoms with van der Waals surface area (Å²) in [5, 5.41) is 0. The molecule has 1 amide bonds. The Bertz CT molecular complexity index is 990. The molecule has 3 aromatic carbocycles. The number of amides is 1. The average molecular weight is 407 g/mol. The fourth-order valence-corrected chi connectivity index (χ4v) is 2.78. The normalized spacial score (nSPS) is 10.3. The zero-order valence-corrected chi connectivity index (χ0v) is 16.6. The fourth-order valence-electron chi connectivity index (χ4n) is 2.78. The standard InChI is InChI=1S/C24H22FNO4/c1-26(15-20-9-5-6-10-22(20)25)23(27)16-30-24(28)17-29-21-13-11-19(12-14-21)18-7-3-2-4-8-18/h2-14H,15-17H2,1H3. The summed E-state index contributed by atoms with van der Waals surface area (Å²) in [6, 6.07) is 23.4.